The number of phenols is 1. The molecule has 0 unspecified atom stereocenters. The van der Waals surface area contributed by atoms with E-state index < -0.39 is 37.3 Å². The number of phenolic OH excluding ortho intramolecular Hbond substituents is 1. The molecule has 4 aromatic rings. The summed E-state index contributed by atoms with van der Waals surface area (Å²) < 4.78 is 18.0. The first-order chi connectivity index (χ1) is 22.3. The molecule has 1 aliphatic rings. The number of anilines is 1. The largest absolute Gasteiger partial charge is 0.524 e. The van der Waals surface area contributed by atoms with Crippen LogP contribution in [0.4, 0.5) is 5.82 Å². The Morgan fingerprint density at radius 1 is 1.09 bits per heavy atom. The number of para-hydroxylation sites is 1. The number of rotatable bonds is 13. The first-order valence-electron chi connectivity index (χ1n) is 14.8. The molecule has 0 bridgehead atoms. The molecule has 16 nitrogen and oxygen atoms in total. The Morgan fingerprint density at radius 2 is 1.83 bits per heavy atom. The van der Waals surface area contributed by atoms with Gasteiger partial charge in [-0.25, -0.2) is 19.3 Å². The number of hydrogen-bond donors (Lipinski definition) is 5. The van der Waals surface area contributed by atoms with Crippen LogP contribution < -0.4 is 15.6 Å². The molecule has 5 rings (SSSR count). The van der Waals surface area contributed by atoms with E-state index in [0.717, 1.165) is 12.8 Å². The minimum absolute atomic E-state index is 0.0263. The van der Waals surface area contributed by atoms with E-state index in [4.69, 9.17) is 15.6 Å². The summed E-state index contributed by atoms with van der Waals surface area (Å²) in [5.74, 6) is -2.46. The lowest BCUT2D eigenvalue weighted by Gasteiger charge is -2.15. The first-order valence-corrected chi connectivity index (χ1v) is 16.3. The predicted molar refractivity (Wildman–Crippen MR) is 166 cm³/mol. The van der Waals surface area contributed by atoms with Crippen molar-refractivity contribution in [1.29, 1.82) is 0 Å². The summed E-state index contributed by atoms with van der Waals surface area (Å²) in [6, 6.07) is 9.72. The summed E-state index contributed by atoms with van der Waals surface area (Å²) in [7, 11) is -4.92. The lowest BCUT2D eigenvalue weighted by atomic mass is 10.1. The number of aromatic hydroxyl groups is 1. The van der Waals surface area contributed by atoms with E-state index in [1.54, 1.807) is 18.2 Å². The third-order valence-corrected chi connectivity index (χ3v) is 7.91. The highest BCUT2D eigenvalue weighted by molar-refractivity contribution is 7.46. The second-order valence-electron chi connectivity index (χ2n) is 10.9. The number of nitrogens with one attached hydrogen (secondary N) is 1. The van der Waals surface area contributed by atoms with Crippen molar-refractivity contribution in [2.24, 2.45) is 0 Å². The van der Waals surface area contributed by atoms with E-state index in [9.17, 15) is 38.6 Å². The van der Waals surface area contributed by atoms with Crippen molar-refractivity contribution in [3.8, 4) is 11.5 Å². The van der Waals surface area contributed by atoms with Crippen molar-refractivity contribution < 1.29 is 48.0 Å². The van der Waals surface area contributed by atoms with Crippen LogP contribution in [-0.2, 0) is 48.1 Å². The van der Waals surface area contributed by atoms with Crippen molar-refractivity contribution in [3.05, 3.63) is 53.3 Å². The van der Waals surface area contributed by atoms with Gasteiger partial charge in [0.25, 0.3) is 11.8 Å². The van der Waals surface area contributed by atoms with Gasteiger partial charge in [0.2, 0.25) is 5.91 Å². The molecular formula is C30H33N6O10P. The molecule has 3 heterocycles. The molecule has 0 saturated carbocycles. The molecule has 0 atom stereocenters. The lowest BCUT2D eigenvalue weighted by Crippen LogP contribution is -2.32. The van der Waals surface area contributed by atoms with Crippen molar-refractivity contribution >= 4 is 59.3 Å². The number of carbonyl (C=O) groups is 4. The molecule has 0 aliphatic carbocycles. The van der Waals surface area contributed by atoms with Crippen LogP contribution in [0.1, 0.15) is 62.4 Å². The van der Waals surface area contributed by atoms with E-state index >= 15 is 0 Å². The van der Waals surface area contributed by atoms with Gasteiger partial charge in [-0.15, -0.1) is 5.06 Å². The summed E-state index contributed by atoms with van der Waals surface area (Å²) in [6.45, 7) is 2.23. The Balaban J connectivity index is 1.37. The molecule has 6 N–H and O–H groups in total. The van der Waals surface area contributed by atoms with E-state index in [1.165, 1.54) is 12.1 Å². The number of amides is 3. The molecular weight excluding hydrogens is 635 g/mol. The van der Waals surface area contributed by atoms with Gasteiger partial charge in [-0.1, -0.05) is 37.6 Å². The summed E-state index contributed by atoms with van der Waals surface area (Å²) in [6.07, 6.45) is 1.70. The lowest BCUT2D eigenvalue weighted by molar-refractivity contribution is -0.197. The molecule has 0 spiro atoms. The fraction of sp³-hybridized carbons (Fsp3) is 0.333. The standard InChI is InChI=1S/C30H33N6O10P/c1-2-3-7-22-34-27-28(35(22)16-18-5-4-6-21(29(18)41)46-47(42,43)44)19-9-8-17(14-20(19)33-30(27)31)15-32-23(37)10-13-26(40)45-36-24(38)11-12-25(36)39/h4-6,8-9,14,41H,2-3,7,10-13,15-16H2,1H3,(H2,31,33)(H,32,37)(H2,42,43,44). The monoisotopic (exact) mass is 668 g/mol. The average Bonchev–Trinajstić information content (AvgIpc) is 3.54. The predicted octanol–water partition coefficient (Wildman–Crippen LogP) is 2.74. The molecule has 1 fully saturated rings. The van der Waals surface area contributed by atoms with Crippen LogP contribution in [0.25, 0.3) is 21.9 Å². The second-order valence-corrected chi connectivity index (χ2v) is 12.1. The summed E-state index contributed by atoms with van der Waals surface area (Å²) in [5, 5.41) is 14.7. The molecule has 0 radical (unpaired) electrons. The van der Waals surface area contributed by atoms with Gasteiger partial charge < -0.3 is 30.1 Å². The summed E-state index contributed by atoms with van der Waals surface area (Å²) in [5.41, 5.74) is 8.99. The number of aromatic nitrogens is 3. The number of phosphoric acid groups is 1. The zero-order chi connectivity index (χ0) is 33.9. The topological polar surface area (TPSA) is 236 Å². The number of carbonyl (C=O) groups excluding carboxylic acids is 4. The van der Waals surface area contributed by atoms with Crippen molar-refractivity contribution in [1.82, 2.24) is 24.9 Å². The highest BCUT2D eigenvalue weighted by Crippen LogP contribution is 2.43. The number of hydroxylamine groups is 2. The van der Waals surface area contributed by atoms with Crippen LogP contribution in [0.15, 0.2) is 36.4 Å². The van der Waals surface area contributed by atoms with Crippen LogP contribution in [0, 0.1) is 0 Å². The van der Waals surface area contributed by atoms with Gasteiger partial charge in [-0.2, -0.15) is 0 Å². The number of phosphoric ester groups is 1. The number of fused-ring (bicyclic) bond motifs is 3. The molecule has 17 heteroatoms. The molecule has 248 valence electrons. The van der Waals surface area contributed by atoms with Crippen LogP contribution >= 0.6 is 7.82 Å². The normalized spacial score (nSPS) is 13.5. The van der Waals surface area contributed by atoms with Gasteiger partial charge in [0.1, 0.15) is 11.3 Å². The molecule has 2 aromatic heterocycles. The number of unbranched alkanes of at least 4 members (excludes halogenated alkanes) is 1. The molecule has 3 amide bonds. The Bertz CT molecular complexity index is 1920. The van der Waals surface area contributed by atoms with Crippen LogP contribution in [0.2, 0.25) is 0 Å². The van der Waals surface area contributed by atoms with Crippen molar-refractivity contribution in [3.63, 3.8) is 0 Å². The maximum atomic E-state index is 12.4. The number of imide groups is 1. The fourth-order valence-electron chi connectivity index (χ4n) is 5.19. The van der Waals surface area contributed by atoms with Crippen molar-refractivity contribution in [2.75, 3.05) is 5.73 Å². The van der Waals surface area contributed by atoms with E-state index in [-0.39, 0.29) is 50.3 Å². The summed E-state index contributed by atoms with van der Waals surface area (Å²) >= 11 is 0. The van der Waals surface area contributed by atoms with Crippen LogP contribution in [0.5, 0.6) is 11.5 Å². The number of nitrogens with zero attached hydrogens (tertiary/aromatic N) is 4. The fourth-order valence-corrected chi connectivity index (χ4v) is 5.59. The maximum Gasteiger partial charge on any atom is 0.524 e. The Kier molecular flexibility index (Phi) is 9.75. The van der Waals surface area contributed by atoms with E-state index in [0.29, 0.717) is 50.4 Å². The molecule has 47 heavy (non-hydrogen) atoms. The Labute approximate surface area is 267 Å². The highest BCUT2D eigenvalue weighted by Gasteiger charge is 2.33. The van der Waals surface area contributed by atoms with E-state index in [1.807, 2.05) is 17.6 Å². The first kappa shape index (κ1) is 33.3. The highest BCUT2D eigenvalue weighted by atomic mass is 31.2. The number of nitrogens with two attached hydrogens (primary N) is 1. The van der Waals surface area contributed by atoms with Crippen molar-refractivity contribution in [2.45, 2.75) is 65.0 Å². The number of benzene rings is 2. The maximum absolute atomic E-state index is 12.4. The van der Waals surface area contributed by atoms with Crippen LogP contribution in [0.3, 0.4) is 0 Å². The molecule has 1 saturated heterocycles. The van der Waals surface area contributed by atoms with Gasteiger partial charge in [0, 0.05) is 43.2 Å². The zero-order valence-electron chi connectivity index (χ0n) is 25.3. The van der Waals surface area contributed by atoms with Gasteiger partial charge in [-0.3, -0.25) is 24.2 Å². The minimum atomic E-state index is -4.92. The number of hydrogen-bond acceptors (Lipinski definition) is 11. The van der Waals surface area contributed by atoms with E-state index in [2.05, 4.69) is 14.8 Å². The SMILES string of the molecule is CCCCc1nc2c(N)nc3cc(CNC(=O)CCC(=O)ON4C(=O)CCC4=O)ccc3c2n1Cc1cccc(OP(=O)(O)O)c1O. The third kappa shape index (κ3) is 7.68. The van der Waals surface area contributed by atoms with Gasteiger partial charge in [0.15, 0.2) is 17.3 Å². The zero-order valence-corrected chi connectivity index (χ0v) is 26.2. The molecule has 1 aliphatic heterocycles. The minimum Gasteiger partial charge on any atom is -0.504 e. The summed E-state index contributed by atoms with van der Waals surface area (Å²) in [4.78, 5) is 80.3. The number of imidazole rings is 1. The molecule has 2 aromatic carbocycles. The van der Waals surface area contributed by atoms with Gasteiger partial charge >= 0.3 is 13.8 Å². The van der Waals surface area contributed by atoms with Gasteiger partial charge in [-0.05, 0) is 24.1 Å². The number of pyridine rings is 1. The average molecular weight is 669 g/mol. The third-order valence-electron chi connectivity index (χ3n) is 7.47. The Morgan fingerprint density at radius 3 is 2.53 bits per heavy atom. The Hall–Kier alpha value is -5.05. The van der Waals surface area contributed by atoms with Crippen LogP contribution in [-0.4, -0.2) is 58.2 Å². The number of aryl methyl sites for hydroxylation is 1. The number of nitrogen functional groups attached to an aromatic ring is 1. The van der Waals surface area contributed by atoms with Gasteiger partial charge in [0.05, 0.1) is 24.0 Å². The smallest absolute Gasteiger partial charge is 0.504 e. The quantitative estimate of drug-likeness (QED) is 0.102. The second kappa shape index (κ2) is 13.7.